The van der Waals surface area contributed by atoms with Crippen LogP contribution in [0.15, 0.2) is 59.5 Å². The molecule has 0 N–H and O–H groups in total. The average molecular weight is 403 g/mol. The van der Waals surface area contributed by atoms with Crippen LogP contribution in [0, 0.1) is 0 Å². The molecule has 0 fully saturated rings. The van der Waals surface area contributed by atoms with Gasteiger partial charge in [-0.1, -0.05) is 71.0 Å². The van der Waals surface area contributed by atoms with Crippen molar-refractivity contribution < 1.29 is 8.42 Å². The third-order valence-corrected chi connectivity index (χ3v) is 6.87. The summed E-state index contributed by atoms with van der Waals surface area (Å²) >= 11 is 0. The van der Waals surface area contributed by atoms with Crippen molar-refractivity contribution in [2.75, 3.05) is 30.5 Å². The van der Waals surface area contributed by atoms with Crippen molar-refractivity contribution in [1.29, 1.82) is 0 Å². The largest absolute Gasteiger partial charge is 0.304 e. The van der Waals surface area contributed by atoms with Crippen LogP contribution in [-0.2, 0) is 15.4 Å². The van der Waals surface area contributed by atoms with Crippen molar-refractivity contribution in [3.63, 3.8) is 0 Å². The van der Waals surface area contributed by atoms with Crippen LogP contribution in [-0.4, -0.2) is 39.5 Å². The van der Waals surface area contributed by atoms with E-state index in [9.17, 15) is 8.42 Å². The fraction of sp³-hybridized carbons (Fsp3) is 0.478. The van der Waals surface area contributed by atoms with E-state index in [0.717, 1.165) is 37.3 Å². The maximum atomic E-state index is 13.5. The molecule has 0 radical (unpaired) electrons. The second-order valence-corrected chi connectivity index (χ2v) is 9.90. The van der Waals surface area contributed by atoms with Crippen LogP contribution in [0.5, 0.6) is 0 Å². The van der Waals surface area contributed by atoms with E-state index < -0.39 is 10.0 Å². The number of para-hydroxylation sites is 1. The quantitative estimate of drug-likeness (QED) is 0.598. The number of anilines is 1. The van der Waals surface area contributed by atoms with E-state index >= 15 is 0 Å². The Kier molecular flexibility index (Phi) is 7.67. The van der Waals surface area contributed by atoms with Gasteiger partial charge in [0, 0.05) is 6.54 Å². The molecule has 0 aliphatic heterocycles. The minimum Gasteiger partial charge on any atom is -0.304 e. The van der Waals surface area contributed by atoms with Gasteiger partial charge in [0.1, 0.15) is 0 Å². The highest BCUT2D eigenvalue weighted by molar-refractivity contribution is 7.92. The second kappa shape index (κ2) is 9.57. The summed E-state index contributed by atoms with van der Waals surface area (Å²) in [6.45, 7) is 13.9. The molecule has 0 spiro atoms. The van der Waals surface area contributed by atoms with E-state index in [1.54, 1.807) is 28.6 Å². The molecule has 2 aromatic carbocycles. The normalized spacial score (nSPS) is 12.4. The van der Waals surface area contributed by atoms with Gasteiger partial charge in [0.15, 0.2) is 0 Å². The molecule has 0 saturated carbocycles. The van der Waals surface area contributed by atoms with Gasteiger partial charge in [0.05, 0.1) is 10.6 Å². The number of hydrogen-bond donors (Lipinski definition) is 0. The fourth-order valence-corrected chi connectivity index (χ4v) is 4.94. The molecule has 0 heterocycles. The van der Waals surface area contributed by atoms with Gasteiger partial charge in [-0.25, -0.2) is 8.42 Å². The lowest BCUT2D eigenvalue weighted by Gasteiger charge is -2.31. The third-order valence-electron chi connectivity index (χ3n) is 5.04. The highest BCUT2D eigenvalue weighted by Gasteiger charge is 2.29. The highest BCUT2D eigenvalue weighted by atomic mass is 32.2. The van der Waals surface area contributed by atoms with Crippen molar-refractivity contribution in [2.45, 2.75) is 51.3 Å². The van der Waals surface area contributed by atoms with Crippen LogP contribution in [0.2, 0.25) is 0 Å². The first kappa shape index (κ1) is 22.4. The molecule has 2 aromatic rings. The summed E-state index contributed by atoms with van der Waals surface area (Å²) in [5, 5.41) is 0. The molecule has 0 amide bonds. The third kappa shape index (κ3) is 5.36. The van der Waals surface area contributed by atoms with E-state index in [-0.39, 0.29) is 5.41 Å². The topological polar surface area (TPSA) is 40.6 Å². The number of sulfonamides is 1. The molecule has 28 heavy (non-hydrogen) atoms. The lowest BCUT2D eigenvalue weighted by molar-refractivity contribution is 0.302. The molecule has 0 aliphatic rings. The van der Waals surface area contributed by atoms with Crippen LogP contribution in [0.25, 0.3) is 0 Å². The van der Waals surface area contributed by atoms with Gasteiger partial charge in [-0.2, -0.15) is 0 Å². The maximum absolute atomic E-state index is 13.5. The van der Waals surface area contributed by atoms with E-state index in [4.69, 9.17) is 0 Å². The molecular formula is C23H34N2O2S. The summed E-state index contributed by atoms with van der Waals surface area (Å²) in [5.41, 5.74) is 1.66. The number of nitrogens with zero attached hydrogens (tertiary/aromatic N) is 2. The monoisotopic (exact) mass is 402 g/mol. The van der Waals surface area contributed by atoms with E-state index in [1.165, 1.54) is 0 Å². The predicted molar refractivity (Wildman–Crippen MR) is 119 cm³/mol. The second-order valence-electron chi connectivity index (χ2n) is 8.04. The molecule has 2 rings (SSSR count). The van der Waals surface area contributed by atoms with Crippen molar-refractivity contribution in [1.82, 2.24) is 4.90 Å². The Morgan fingerprint density at radius 2 is 1.39 bits per heavy atom. The Morgan fingerprint density at radius 3 is 1.96 bits per heavy atom. The highest BCUT2D eigenvalue weighted by Crippen LogP contribution is 2.34. The van der Waals surface area contributed by atoms with Crippen LogP contribution in [0.1, 0.15) is 46.6 Å². The number of rotatable bonds is 9. The zero-order valence-electron chi connectivity index (χ0n) is 17.9. The molecular weight excluding hydrogens is 368 g/mol. The lowest BCUT2D eigenvalue weighted by Crippen LogP contribution is -2.36. The van der Waals surface area contributed by atoms with Crippen LogP contribution < -0.4 is 4.31 Å². The van der Waals surface area contributed by atoms with Gasteiger partial charge in [-0.05, 0) is 55.2 Å². The summed E-state index contributed by atoms with van der Waals surface area (Å²) < 4.78 is 28.7. The summed E-state index contributed by atoms with van der Waals surface area (Å²) in [7, 11) is -3.63. The molecule has 0 aromatic heterocycles. The standard InChI is InChI=1S/C23H34N2O2S/c1-6-24(7-2)18-13-19-25(28(26,27)20-14-9-8-10-15-20)22-17-12-11-16-21(22)23(3,4)5/h8-12,14-17H,6-7,13,18-19H2,1-5H3. The van der Waals surface area contributed by atoms with Gasteiger partial charge < -0.3 is 4.90 Å². The van der Waals surface area contributed by atoms with Crippen molar-refractivity contribution in [2.24, 2.45) is 0 Å². The number of hydrogen-bond acceptors (Lipinski definition) is 3. The van der Waals surface area contributed by atoms with Gasteiger partial charge in [0.25, 0.3) is 10.0 Å². The maximum Gasteiger partial charge on any atom is 0.264 e. The minimum absolute atomic E-state index is 0.153. The number of benzene rings is 2. The SMILES string of the molecule is CCN(CC)CCCN(c1ccccc1C(C)(C)C)S(=O)(=O)c1ccccc1. The molecule has 5 heteroatoms. The molecule has 0 unspecified atom stereocenters. The first-order valence-electron chi connectivity index (χ1n) is 10.1. The summed E-state index contributed by atoms with van der Waals surface area (Å²) in [6, 6.07) is 16.6. The van der Waals surface area contributed by atoms with Crippen molar-refractivity contribution in [3.8, 4) is 0 Å². The van der Waals surface area contributed by atoms with E-state index in [0.29, 0.717) is 11.4 Å². The predicted octanol–water partition coefficient (Wildman–Crippen LogP) is 4.91. The zero-order chi connectivity index (χ0) is 20.8. The minimum atomic E-state index is -3.63. The Morgan fingerprint density at radius 1 is 0.821 bits per heavy atom. The molecule has 0 saturated heterocycles. The van der Waals surface area contributed by atoms with Crippen LogP contribution >= 0.6 is 0 Å². The van der Waals surface area contributed by atoms with E-state index in [1.807, 2.05) is 30.3 Å². The summed E-state index contributed by atoms with van der Waals surface area (Å²) in [4.78, 5) is 2.66. The average Bonchev–Trinajstić information content (AvgIpc) is 2.68. The molecule has 0 aliphatic carbocycles. The summed E-state index contributed by atoms with van der Waals surface area (Å²) in [6.07, 6.45) is 0.784. The molecule has 4 nitrogen and oxygen atoms in total. The van der Waals surface area contributed by atoms with Crippen LogP contribution in [0.3, 0.4) is 0 Å². The van der Waals surface area contributed by atoms with Crippen molar-refractivity contribution in [3.05, 3.63) is 60.2 Å². The molecule has 154 valence electrons. The Balaban J connectivity index is 2.46. The Bertz CT molecular complexity index is 838. The first-order valence-corrected chi connectivity index (χ1v) is 11.6. The Hall–Kier alpha value is -1.85. The zero-order valence-corrected chi connectivity index (χ0v) is 18.7. The van der Waals surface area contributed by atoms with Crippen LogP contribution in [0.4, 0.5) is 5.69 Å². The first-order chi connectivity index (χ1) is 13.2. The van der Waals surface area contributed by atoms with Gasteiger partial charge >= 0.3 is 0 Å². The molecule has 0 atom stereocenters. The lowest BCUT2D eigenvalue weighted by atomic mass is 9.86. The summed E-state index contributed by atoms with van der Waals surface area (Å²) in [5.74, 6) is 0. The smallest absolute Gasteiger partial charge is 0.264 e. The van der Waals surface area contributed by atoms with Crippen molar-refractivity contribution >= 4 is 15.7 Å². The molecule has 0 bridgehead atoms. The fourth-order valence-electron chi connectivity index (χ4n) is 3.39. The van der Waals surface area contributed by atoms with Gasteiger partial charge in [-0.15, -0.1) is 0 Å². The van der Waals surface area contributed by atoms with Gasteiger partial charge in [0.2, 0.25) is 0 Å². The van der Waals surface area contributed by atoms with Gasteiger partial charge in [-0.3, -0.25) is 4.31 Å². The Labute approximate surface area is 171 Å². The van der Waals surface area contributed by atoms with E-state index in [2.05, 4.69) is 39.5 Å².